The number of likely N-dealkylation sites (N-methyl/N-ethyl adjacent to an activating group) is 1. The van der Waals surface area contributed by atoms with Crippen LogP contribution in [0.15, 0.2) is 18.2 Å². The van der Waals surface area contributed by atoms with E-state index in [4.69, 9.17) is 4.11 Å². The zero-order valence-electron chi connectivity index (χ0n) is 13.5. The van der Waals surface area contributed by atoms with Crippen LogP contribution in [0.2, 0.25) is 0 Å². The quantitative estimate of drug-likeness (QED) is 0.671. The minimum atomic E-state index is -2.93. The van der Waals surface area contributed by atoms with Crippen molar-refractivity contribution in [3.05, 3.63) is 29.6 Å². The summed E-state index contributed by atoms with van der Waals surface area (Å²) < 4.78 is 35.8. The third-order valence-corrected chi connectivity index (χ3v) is 3.12. The van der Waals surface area contributed by atoms with Gasteiger partial charge in [0.25, 0.3) is 11.8 Å². The number of aryl methyl sites for hydroxylation is 1. The second-order valence-electron chi connectivity index (χ2n) is 4.53. The molecule has 20 heavy (non-hydrogen) atoms. The van der Waals surface area contributed by atoms with Gasteiger partial charge in [0.1, 0.15) is 18.0 Å². The highest BCUT2D eigenvalue weighted by Crippen LogP contribution is 2.20. The maximum atomic E-state index is 13.4. The second-order valence-corrected chi connectivity index (χ2v) is 4.53. The van der Waals surface area contributed by atoms with Crippen LogP contribution < -0.4 is 10.2 Å². The number of hydrogen-bond donors (Lipinski definition) is 3. The molecule has 1 aromatic carbocycles. The minimum Gasteiger partial charge on any atom is -0.387 e. The van der Waals surface area contributed by atoms with Gasteiger partial charge in [-0.1, -0.05) is 0 Å². The van der Waals surface area contributed by atoms with E-state index < -0.39 is 42.9 Å². The average Bonchev–Trinajstić information content (AvgIpc) is 2.69. The second kappa shape index (κ2) is 5.18. The number of benzene rings is 1. The summed E-state index contributed by atoms with van der Waals surface area (Å²) in [7, 11) is 0. The van der Waals surface area contributed by atoms with Crippen molar-refractivity contribution >= 4 is 17.5 Å². The van der Waals surface area contributed by atoms with Gasteiger partial charge in [-0.15, -0.1) is 0 Å². The average molecular weight is 285 g/mol. The zero-order valence-corrected chi connectivity index (χ0v) is 10.5. The number of halogens is 1. The fraction of sp³-hybridized carbons (Fsp3) is 0.385. The number of amides is 2. The first-order valence-electron chi connectivity index (χ1n) is 7.31. The Kier molecular flexibility index (Phi) is 2.79. The zero-order chi connectivity index (χ0) is 17.5. The number of carbonyl (C=O) groups is 2. The van der Waals surface area contributed by atoms with Gasteiger partial charge in [0.2, 0.25) is 0 Å². The molecule has 7 heteroatoms. The van der Waals surface area contributed by atoms with Gasteiger partial charge < -0.3 is 20.4 Å². The van der Waals surface area contributed by atoms with Crippen molar-refractivity contribution in [1.29, 1.82) is 0 Å². The van der Waals surface area contributed by atoms with E-state index in [1.54, 1.807) is 0 Å². The molecule has 0 spiro atoms. The maximum absolute atomic E-state index is 13.4. The molecule has 0 unspecified atom stereocenters. The van der Waals surface area contributed by atoms with E-state index in [-0.39, 0.29) is 11.3 Å². The smallest absolute Gasteiger partial charge is 0.252 e. The number of rotatable bonds is 2. The van der Waals surface area contributed by atoms with Crippen molar-refractivity contribution in [1.82, 2.24) is 5.32 Å². The Morgan fingerprint density at radius 1 is 1.50 bits per heavy atom. The van der Waals surface area contributed by atoms with Gasteiger partial charge in [-0.05, 0) is 30.7 Å². The van der Waals surface area contributed by atoms with Crippen molar-refractivity contribution in [2.75, 3.05) is 11.9 Å². The predicted octanol–water partition coefficient (Wildman–Crippen LogP) is -0.683. The maximum Gasteiger partial charge on any atom is 0.252 e. The fourth-order valence-electron chi connectivity index (χ4n) is 1.90. The molecule has 0 aliphatic carbocycles. The van der Waals surface area contributed by atoms with Crippen molar-refractivity contribution in [3.8, 4) is 0 Å². The molecule has 1 fully saturated rings. The summed E-state index contributed by atoms with van der Waals surface area (Å²) in [5.74, 6) is -2.68. The summed E-state index contributed by atoms with van der Waals surface area (Å²) in [4.78, 5) is 24.2. The molecule has 3 N–H and O–H groups in total. The third-order valence-electron chi connectivity index (χ3n) is 3.12. The van der Waals surface area contributed by atoms with Crippen LogP contribution in [0.4, 0.5) is 10.1 Å². The standard InChI is InChI=1S/C13H15FN2O4/c1-6-5-7(3-4-8(6)14)16(2)13(20)9-10(17)11(18)12(19)15-9/h3-5,9-11,17-18H,1-2H3,(H,15,19)/t9-,10-,11-/m0/s1/i2D3. The van der Waals surface area contributed by atoms with Crippen LogP contribution in [0.5, 0.6) is 0 Å². The largest absolute Gasteiger partial charge is 0.387 e. The van der Waals surface area contributed by atoms with E-state index in [1.165, 1.54) is 13.0 Å². The minimum absolute atomic E-state index is 0.114. The molecule has 0 aromatic heterocycles. The van der Waals surface area contributed by atoms with E-state index in [2.05, 4.69) is 0 Å². The molecule has 1 aliphatic heterocycles. The van der Waals surface area contributed by atoms with Gasteiger partial charge >= 0.3 is 0 Å². The van der Waals surface area contributed by atoms with Crippen LogP contribution >= 0.6 is 0 Å². The summed E-state index contributed by atoms with van der Waals surface area (Å²) in [6.07, 6.45) is -3.60. The highest BCUT2D eigenvalue weighted by molar-refractivity contribution is 6.02. The van der Waals surface area contributed by atoms with Crippen LogP contribution in [0.1, 0.15) is 9.68 Å². The first-order valence-corrected chi connectivity index (χ1v) is 5.81. The van der Waals surface area contributed by atoms with E-state index in [0.717, 1.165) is 12.1 Å². The van der Waals surface area contributed by atoms with Crippen LogP contribution in [-0.2, 0) is 9.59 Å². The molecule has 0 saturated carbocycles. The van der Waals surface area contributed by atoms with Crippen LogP contribution in [0.3, 0.4) is 0 Å². The van der Waals surface area contributed by atoms with E-state index in [1.807, 2.05) is 5.32 Å². The molecule has 1 aliphatic rings. The van der Waals surface area contributed by atoms with Gasteiger partial charge in [-0.3, -0.25) is 9.59 Å². The first-order chi connectivity index (χ1) is 10.5. The summed E-state index contributed by atoms with van der Waals surface area (Å²) in [5.41, 5.74) is 0.0114. The Morgan fingerprint density at radius 3 is 2.70 bits per heavy atom. The monoisotopic (exact) mass is 285 g/mol. The predicted molar refractivity (Wildman–Crippen MR) is 68.5 cm³/mol. The lowest BCUT2D eigenvalue weighted by atomic mass is 10.1. The van der Waals surface area contributed by atoms with E-state index in [0.29, 0.717) is 4.90 Å². The van der Waals surface area contributed by atoms with Crippen LogP contribution in [0, 0.1) is 12.7 Å². The van der Waals surface area contributed by atoms with E-state index >= 15 is 0 Å². The van der Waals surface area contributed by atoms with Crippen molar-refractivity contribution in [2.45, 2.75) is 25.2 Å². The third kappa shape index (κ3) is 2.37. The summed E-state index contributed by atoms with van der Waals surface area (Å²) in [6.45, 7) is -1.53. The van der Waals surface area contributed by atoms with Crippen molar-refractivity contribution in [3.63, 3.8) is 0 Å². The Balaban J connectivity index is 2.42. The summed E-state index contributed by atoms with van der Waals surface area (Å²) >= 11 is 0. The first kappa shape index (κ1) is 10.8. The molecule has 0 radical (unpaired) electrons. The highest BCUT2D eigenvalue weighted by Gasteiger charge is 2.45. The topological polar surface area (TPSA) is 89.9 Å². The number of nitrogens with one attached hydrogen (secondary N) is 1. The molecule has 2 rings (SSSR count). The van der Waals surface area contributed by atoms with Gasteiger partial charge in [-0.2, -0.15) is 0 Å². The lowest BCUT2D eigenvalue weighted by Crippen LogP contribution is -2.48. The number of aliphatic hydroxyl groups excluding tert-OH is 2. The molecule has 0 bridgehead atoms. The molecule has 1 saturated heterocycles. The lowest BCUT2D eigenvalue weighted by molar-refractivity contribution is -0.128. The van der Waals surface area contributed by atoms with Crippen molar-refractivity contribution < 1.29 is 28.3 Å². The number of anilines is 1. The van der Waals surface area contributed by atoms with Gasteiger partial charge in [0.05, 0.1) is 0 Å². The number of aliphatic hydroxyl groups is 2. The van der Waals surface area contributed by atoms with Crippen molar-refractivity contribution in [2.24, 2.45) is 0 Å². The molecule has 1 heterocycles. The molecule has 3 atom stereocenters. The van der Waals surface area contributed by atoms with Crippen LogP contribution in [-0.4, -0.2) is 47.3 Å². The van der Waals surface area contributed by atoms with Gasteiger partial charge in [0, 0.05) is 16.8 Å². The van der Waals surface area contributed by atoms with Gasteiger partial charge in [0.15, 0.2) is 6.10 Å². The fourth-order valence-corrected chi connectivity index (χ4v) is 1.90. The Bertz CT molecular complexity index is 653. The summed E-state index contributed by atoms with van der Waals surface area (Å²) in [6, 6.07) is 1.67. The number of hydrogen-bond acceptors (Lipinski definition) is 4. The SMILES string of the molecule is [2H]C([2H])([2H])N(C(=O)[C@H]1NC(=O)[C@@H](O)[C@H]1O)c1ccc(F)c(C)c1. The molecule has 1 aromatic rings. The molecule has 6 nitrogen and oxygen atoms in total. The van der Waals surface area contributed by atoms with Crippen LogP contribution in [0.25, 0.3) is 0 Å². The molecular formula is C13H15FN2O4. The van der Waals surface area contributed by atoms with Gasteiger partial charge in [-0.25, -0.2) is 4.39 Å². The number of nitrogens with zero attached hydrogens (tertiary/aromatic N) is 1. The summed E-state index contributed by atoms with van der Waals surface area (Å²) in [5, 5.41) is 21.2. The lowest BCUT2D eigenvalue weighted by Gasteiger charge is -2.23. The molecule has 2 amide bonds. The Labute approximate surface area is 119 Å². The Morgan fingerprint density at radius 2 is 2.20 bits per heavy atom. The molecule has 108 valence electrons. The highest BCUT2D eigenvalue weighted by atomic mass is 19.1. The molecular weight excluding hydrogens is 267 g/mol. The van der Waals surface area contributed by atoms with E-state index in [9.17, 15) is 24.2 Å². The normalized spacial score (nSPS) is 28.3. The number of carbonyl (C=O) groups excluding carboxylic acids is 2. The Hall–Kier alpha value is -1.99.